The molecular formula is C46H37NS. The van der Waals surface area contributed by atoms with Gasteiger partial charge in [0.15, 0.2) is 0 Å². The molecular weight excluding hydrogens is 599 g/mol. The van der Waals surface area contributed by atoms with Crippen LogP contribution in [-0.2, 0) is 10.8 Å². The predicted molar refractivity (Wildman–Crippen MR) is 205 cm³/mol. The molecule has 1 aromatic heterocycles. The van der Waals surface area contributed by atoms with Gasteiger partial charge in [0.1, 0.15) is 0 Å². The zero-order chi connectivity index (χ0) is 32.6. The van der Waals surface area contributed by atoms with Gasteiger partial charge in [-0.2, -0.15) is 0 Å². The Hall–Kier alpha value is -5.18. The molecule has 2 heteroatoms. The molecule has 0 saturated heterocycles. The maximum Gasteiger partial charge on any atom is 0.0465 e. The first-order valence-electron chi connectivity index (χ1n) is 16.8. The lowest BCUT2D eigenvalue weighted by Gasteiger charge is -2.30. The van der Waals surface area contributed by atoms with E-state index in [1.54, 1.807) is 11.3 Å². The fraction of sp³-hybridized carbons (Fsp3) is 0.130. The predicted octanol–water partition coefficient (Wildman–Crippen LogP) is 13.2. The summed E-state index contributed by atoms with van der Waals surface area (Å²) in [5.74, 6) is 0. The minimum Gasteiger partial charge on any atom is -0.310 e. The molecule has 6 aromatic carbocycles. The Labute approximate surface area is 287 Å². The number of benzene rings is 6. The van der Waals surface area contributed by atoms with E-state index in [4.69, 9.17) is 0 Å². The zero-order valence-corrected chi connectivity index (χ0v) is 28.6. The van der Waals surface area contributed by atoms with Crippen molar-refractivity contribution in [2.24, 2.45) is 0 Å². The van der Waals surface area contributed by atoms with Crippen molar-refractivity contribution in [2.45, 2.75) is 38.5 Å². The molecule has 0 fully saturated rings. The molecule has 0 N–H and O–H groups in total. The number of nitrogens with zero attached hydrogens (tertiary/aromatic N) is 1. The Bertz CT molecular complexity index is 2230. The molecule has 0 spiro atoms. The molecule has 1 heterocycles. The van der Waals surface area contributed by atoms with E-state index in [1.807, 2.05) is 0 Å². The van der Waals surface area contributed by atoms with Gasteiger partial charge in [-0.05, 0) is 115 Å². The highest BCUT2D eigenvalue weighted by molar-refractivity contribution is 7.13. The van der Waals surface area contributed by atoms with Crippen LogP contribution in [0.15, 0.2) is 151 Å². The van der Waals surface area contributed by atoms with Crippen LogP contribution in [0.1, 0.15) is 49.9 Å². The van der Waals surface area contributed by atoms with Crippen molar-refractivity contribution in [2.75, 3.05) is 4.90 Å². The van der Waals surface area contributed by atoms with Crippen LogP contribution in [0.2, 0.25) is 0 Å². The van der Waals surface area contributed by atoms with E-state index >= 15 is 0 Å². The third-order valence-corrected chi connectivity index (χ3v) is 11.7. The molecule has 7 aromatic rings. The van der Waals surface area contributed by atoms with Gasteiger partial charge in [-0.25, -0.2) is 0 Å². The number of anilines is 3. The first kappa shape index (κ1) is 29.0. The van der Waals surface area contributed by atoms with Crippen molar-refractivity contribution in [3.8, 4) is 43.8 Å². The minimum atomic E-state index is -0.0768. The SMILES string of the molecule is CC1(C)c2ccccc2-c2ccc(N(c3ccc(-c4cccc(-c5cccs5)c4)cc3)c3ccc4c(c3)C(C)(C)c3ccccc3-4)cc21. The van der Waals surface area contributed by atoms with Crippen molar-refractivity contribution in [3.63, 3.8) is 0 Å². The molecule has 2 aliphatic carbocycles. The van der Waals surface area contributed by atoms with Gasteiger partial charge in [0, 0.05) is 32.8 Å². The summed E-state index contributed by atoms with van der Waals surface area (Å²) in [5.41, 5.74) is 18.0. The van der Waals surface area contributed by atoms with Gasteiger partial charge < -0.3 is 4.90 Å². The normalized spacial score (nSPS) is 14.6. The lowest BCUT2D eigenvalue weighted by Crippen LogP contribution is -2.18. The number of thiophene rings is 1. The largest absolute Gasteiger partial charge is 0.310 e. The lowest BCUT2D eigenvalue weighted by molar-refractivity contribution is 0.660. The highest BCUT2D eigenvalue weighted by Gasteiger charge is 2.37. The number of fused-ring (bicyclic) bond motifs is 6. The molecule has 0 atom stereocenters. The van der Waals surface area contributed by atoms with Crippen LogP contribution in [0, 0.1) is 0 Å². The average Bonchev–Trinajstić information content (AvgIpc) is 3.80. The molecule has 2 aliphatic rings. The van der Waals surface area contributed by atoms with Crippen LogP contribution in [0.25, 0.3) is 43.8 Å². The molecule has 0 unspecified atom stereocenters. The van der Waals surface area contributed by atoms with Crippen LogP contribution in [0.3, 0.4) is 0 Å². The van der Waals surface area contributed by atoms with Gasteiger partial charge in [0.05, 0.1) is 0 Å². The van der Waals surface area contributed by atoms with E-state index in [-0.39, 0.29) is 10.8 Å². The Morgan fingerprint density at radius 3 is 1.48 bits per heavy atom. The first-order chi connectivity index (χ1) is 23.3. The summed E-state index contributed by atoms with van der Waals surface area (Å²) in [6.45, 7) is 9.44. The number of hydrogen-bond donors (Lipinski definition) is 0. The first-order valence-corrected chi connectivity index (χ1v) is 17.7. The van der Waals surface area contributed by atoms with Crippen LogP contribution in [0.5, 0.6) is 0 Å². The van der Waals surface area contributed by atoms with Crippen molar-refractivity contribution in [1.29, 1.82) is 0 Å². The van der Waals surface area contributed by atoms with Crippen LogP contribution in [0.4, 0.5) is 17.1 Å². The average molecular weight is 636 g/mol. The van der Waals surface area contributed by atoms with E-state index in [0.29, 0.717) is 0 Å². The monoisotopic (exact) mass is 635 g/mol. The summed E-state index contributed by atoms with van der Waals surface area (Å²) in [4.78, 5) is 3.74. The molecule has 0 saturated carbocycles. The number of rotatable bonds is 5. The second kappa shape index (κ2) is 10.7. The maximum atomic E-state index is 2.45. The summed E-state index contributed by atoms with van der Waals surface area (Å²) in [7, 11) is 0. The van der Waals surface area contributed by atoms with Gasteiger partial charge in [0.2, 0.25) is 0 Å². The van der Waals surface area contributed by atoms with E-state index in [1.165, 1.54) is 77.4 Å². The summed E-state index contributed by atoms with van der Waals surface area (Å²) in [5, 5.41) is 2.14. The molecule has 0 amide bonds. The Morgan fingerprint density at radius 2 is 0.917 bits per heavy atom. The molecule has 48 heavy (non-hydrogen) atoms. The van der Waals surface area contributed by atoms with Crippen molar-refractivity contribution >= 4 is 28.4 Å². The second-order valence-electron chi connectivity index (χ2n) is 14.2. The van der Waals surface area contributed by atoms with Crippen LogP contribution >= 0.6 is 11.3 Å². The van der Waals surface area contributed by atoms with Gasteiger partial charge >= 0.3 is 0 Å². The zero-order valence-electron chi connectivity index (χ0n) is 27.8. The van der Waals surface area contributed by atoms with E-state index in [2.05, 4.69) is 184 Å². The highest BCUT2D eigenvalue weighted by Crippen LogP contribution is 2.53. The summed E-state index contributed by atoms with van der Waals surface area (Å²) >= 11 is 1.78. The molecule has 1 nitrogen and oxygen atoms in total. The van der Waals surface area contributed by atoms with Crippen molar-refractivity contribution < 1.29 is 0 Å². The molecule has 0 bridgehead atoms. The van der Waals surface area contributed by atoms with Crippen molar-refractivity contribution in [3.05, 3.63) is 173 Å². The Morgan fingerprint density at radius 1 is 0.396 bits per heavy atom. The quantitative estimate of drug-likeness (QED) is 0.182. The van der Waals surface area contributed by atoms with Gasteiger partial charge in [0.25, 0.3) is 0 Å². The third kappa shape index (κ3) is 4.36. The van der Waals surface area contributed by atoms with Crippen molar-refractivity contribution in [1.82, 2.24) is 0 Å². The van der Waals surface area contributed by atoms with Gasteiger partial charge in [-0.15, -0.1) is 11.3 Å². The summed E-state index contributed by atoms with van der Waals surface area (Å²) in [6, 6.07) is 54.2. The third-order valence-electron chi connectivity index (χ3n) is 10.8. The van der Waals surface area contributed by atoms with Crippen LogP contribution in [-0.4, -0.2) is 0 Å². The second-order valence-corrected chi connectivity index (χ2v) is 15.2. The van der Waals surface area contributed by atoms with Gasteiger partial charge in [-0.1, -0.05) is 125 Å². The molecule has 0 radical (unpaired) electrons. The maximum absolute atomic E-state index is 2.45. The standard InChI is InChI=1S/C46H37NS/c1-45(2)40-15-7-5-13-36(40)38-24-22-34(28-42(38)45)47(35-23-25-39-37-14-6-8-16-41(37)46(3,4)43(39)29-35)33-20-18-30(19-21-33)31-11-9-12-32(27-31)44-17-10-26-48-44/h5-29H,1-4H3. The molecule has 9 rings (SSSR count). The summed E-state index contributed by atoms with van der Waals surface area (Å²) < 4.78 is 0. The fourth-order valence-electron chi connectivity index (χ4n) is 8.21. The lowest BCUT2D eigenvalue weighted by atomic mass is 9.82. The summed E-state index contributed by atoms with van der Waals surface area (Å²) in [6.07, 6.45) is 0. The van der Waals surface area contributed by atoms with E-state index in [0.717, 1.165) is 5.69 Å². The molecule has 232 valence electrons. The fourth-order valence-corrected chi connectivity index (χ4v) is 8.93. The highest BCUT2D eigenvalue weighted by atomic mass is 32.1. The molecule has 0 aliphatic heterocycles. The van der Waals surface area contributed by atoms with Crippen LogP contribution < -0.4 is 4.90 Å². The Balaban J connectivity index is 1.18. The smallest absolute Gasteiger partial charge is 0.0465 e. The van der Waals surface area contributed by atoms with E-state index < -0.39 is 0 Å². The number of hydrogen-bond acceptors (Lipinski definition) is 2. The van der Waals surface area contributed by atoms with E-state index in [9.17, 15) is 0 Å². The van der Waals surface area contributed by atoms with Gasteiger partial charge in [-0.3, -0.25) is 0 Å². The topological polar surface area (TPSA) is 3.24 Å². The minimum absolute atomic E-state index is 0.0768. The Kier molecular flexibility index (Phi) is 6.44.